The zero-order chi connectivity index (χ0) is 21.7. The first-order valence-corrected chi connectivity index (χ1v) is 10.1. The van der Waals surface area contributed by atoms with Crippen molar-refractivity contribution in [2.75, 3.05) is 19.6 Å². The van der Waals surface area contributed by atoms with E-state index in [1.807, 2.05) is 4.90 Å². The standard InChI is InChI=1S/C21H20N6O4/c1-11-16(26-7-8-26)19(30)15-17(18(11)29)27-6-4-13(20(27)25-15)24-14(28)10-23-21(31)12-3-2-5-22-9-12/h2-3,5,9,13H,4,6-8,10H2,1H3,(H,23,31)(H,24,28)/t13-/m0/s1. The van der Waals surface area contributed by atoms with E-state index in [9.17, 15) is 19.2 Å². The number of nitrogens with one attached hydrogen (secondary N) is 2. The van der Waals surface area contributed by atoms with Crippen LogP contribution in [0, 0.1) is 0 Å². The third-order valence-electron chi connectivity index (χ3n) is 5.72. The number of carbonyl (C=O) groups excluding carboxylic acids is 4. The number of Topliss-reactive ketones (excluding diaryl/α,β-unsaturated/α-hetero) is 2. The lowest BCUT2D eigenvalue weighted by Gasteiger charge is -2.17. The van der Waals surface area contributed by atoms with Crippen molar-refractivity contribution >= 4 is 23.4 Å². The molecular weight excluding hydrogens is 400 g/mol. The maximum atomic E-state index is 12.9. The van der Waals surface area contributed by atoms with Gasteiger partial charge in [-0.15, -0.1) is 0 Å². The van der Waals surface area contributed by atoms with Crippen LogP contribution in [0.15, 0.2) is 35.8 Å². The Kier molecular flexibility index (Phi) is 4.42. The van der Waals surface area contributed by atoms with Crippen molar-refractivity contribution in [1.29, 1.82) is 0 Å². The van der Waals surface area contributed by atoms with E-state index < -0.39 is 11.9 Å². The Labute approximate surface area is 177 Å². The highest BCUT2D eigenvalue weighted by Gasteiger charge is 2.43. The van der Waals surface area contributed by atoms with Crippen LogP contribution in [0.4, 0.5) is 0 Å². The molecule has 158 valence electrons. The Morgan fingerprint density at radius 1 is 1.19 bits per heavy atom. The molecule has 1 aliphatic carbocycles. The van der Waals surface area contributed by atoms with E-state index in [2.05, 4.69) is 20.6 Å². The number of allylic oxidation sites excluding steroid dienone is 2. The highest BCUT2D eigenvalue weighted by atomic mass is 16.2. The maximum Gasteiger partial charge on any atom is 0.253 e. The summed E-state index contributed by atoms with van der Waals surface area (Å²) in [6.07, 6.45) is 3.53. The lowest BCUT2D eigenvalue weighted by atomic mass is 9.95. The van der Waals surface area contributed by atoms with Gasteiger partial charge in [-0.25, -0.2) is 4.98 Å². The molecule has 0 bridgehead atoms. The van der Waals surface area contributed by atoms with Crippen LogP contribution in [0.1, 0.15) is 56.5 Å². The van der Waals surface area contributed by atoms with Gasteiger partial charge in [0.1, 0.15) is 17.2 Å². The van der Waals surface area contributed by atoms with Gasteiger partial charge < -0.3 is 20.1 Å². The number of hydrogen-bond donors (Lipinski definition) is 2. The molecule has 2 aliphatic heterocycles. The molecule has 1 saturated heterocycles. The topological polar surface area (TPSA) is 126 Å². The molecule has 10 nitrogen and oxygen atoms in total. The third kappa shape index (κ3) is 3.20. The molecule has 0 saturated carbocycles. The van der Waals surface area contributed by atoms with Gasteiger partial charge in [0.05, 0.1) is 23.8 Å². The first kappa shape index (κ1) is 19.2. The van der Waals surface area contributed by atoms with Gasteiger partial charge in [-0.1, -0.05) is 0 Å². The van der Waals surface area contributed by atoms with Gasteiger partial charge in [-0.3, -0.25) is 24.2 Å². The van der Waals surface area contributed by atoms with Gasteiger partial charge in [0.15, 0.2) is 0 Å². The molecule has 4 heterocycles. The van der Waals surface area contributed by atoms with E-state index in [4.69, 9.17) is 0 Å². The van der Waals surface area contributed by atoms with Crippen LogP contribution in [0.5, 0.6) is 0 Å². The number of imidazole rings is 1. The molecule has 3 aliphatic rings. The van der Waals surface area contributed by atoms with Crippen molar-refractivity contribution in [2.24, 2.45) is 0 Å². The second kappa shape index (κ2) is 7.15. The molecular formula is C21H20N6O4. The minimum absolute atomic E-state index is 0.163. The summed E-state index contributed by atoms with van der Waals surface area (Å²) in [4.78, 5) is 60.5. The van der Waals surface area contributed by atoms with Crippen molar-refractivity contribution in [3.05, 3.63) is 58.6 Å². The fourth-order valence-corrected chi connectivity index (χ4v) is 4.10. The first-order chi connectivity index (χ1) is 15.0. The van der Waals surface area contributed by atoms with Crippen LogP contribution < -0.4 is 10.6 Å². The number of amides is 2. The van der Waals surface area contributed by atoms with Crippen LogP contribution in [-0.2, 0) is 11.3 Å². The van der Waals surface area contributed by atoms with Crippen LogP contribution in [0.25, 0.3) is 0 Å². The van der Waals surface area contributed by atoms with Crippen LogP contribution in [0.3, 0.4) is 0 Å². The molecule has 2 amide bonds. The molecule has 10 heteroatoms. The Morgan fingerprint density at radius 3 is 2.71 bits per heavy atom. The molecule has 2 aromatic rings. The number of ketones is 2. The van der Waals surface area contributed by atoms with Gasteiger partial charge in [0.25, 0.3) is 5.91 Å². The largest absolute Gasteiger partial charge is 0.364 e. The number of hydrogen-bond acceptors (Lipinski definition) is 7. The van der Waals surface area contributed by atoms with Gasteiger partial charge >= 0.3 is 0 Å². The number of nitrogens with zero attached hydrogens (tertiary/aromatic N) is 4. The van der Waals surface area contributed by atoms with E-state index in [-0.39, 0.29) is 29.7 Å². The molecule has 0 aromatic carbocycles. The van der Waals surface area contributed by atoms with Crippen molar-refractivity contribution < 1.29 is 19.2 Å². The number of pyridine rings is 1. The smallest absolute Gasteiger partial charge is 0.253 e. The lowest BCUT2D eigenvalue weighted by Crippen LogP contribution is -2.38. The van der Waals surface area contributed by atoms with E-state index >= 15 is 0 Å². The van der Waals surface area contributed by atoms with Gasteiger partial charge in [-0.05, 0) is 25.5 Å². The summed E-state index contributed by atoms with van der Waals surface area (Å²) in [6.45, 7) is 3.48. The predicted molar refractivity (Wildman–Crippen MR) is 107 cm³/mol. The Bertz CT molecular complexity index is 1160. The quantitative estimate of drug-likeness (QED) is 0.664. The van der Waals surface area contributed by atoms with Crippen molar-refractivity contribution in [2.45, 2.75) is 25.9 Å². The highest BCUT2D eigenvalue weighted by Crippen LogP contribution is 2.35. The summed E-state index contributed by atoms with van der Waals surface area (Å²) in [5.41, 5.74) is 1.72. The summed E-state index contributed by atoms with van der Waals surface area (Å²) in [7, 11) is 0. The molecule has 2 N–H and O–H groups in total. The summed E-state index contributed by atoms with van der Waals surface area (Å²) in [6, 6.07) is 2.81. The first-order valence-electron chi connectivity index (χ1n) is 10.1. The molecule has 31 heavy (non-hydrogen) atoms. The molecule has 1 fully saturated rings. The van der Waals surface area contributed by atoms with Gasteiger partial charge in [0.2, 0.25) is 17.5 Å². The number of fused-ring (bicyclic) bond motifs is 3. The monoisotopic (exact) mass is 420 g/mol. The molecule has 0 radical (unpaired) electrons. The molecule has 0 unspecified atom stereocenters. The van der Waals surface area contributed by atoms with Crippen molar-refractivity contribution in [1.82, 2.24) is 30.1 Å². The zero-order valence-corrected chi connectivity index (χ0v) is 16.8. The summed E-state index contributed by atoms with van der Waals surface area (Å²) < 4.78 is 1.73. The Hall–Kier alpha value is -3.82. The lowest BCUT2D eigenvalue weighted by molar-refractivity contribution is -0.120. The predicted octanol–water partition coefficient (Wildman–Crippen LogP) is 0.238. The van der Waals surface area contributed by atoms with Crippen LogP contribution in [0.2, 0.25) is 0 Å². The third-order valence-corrected chi connectivity index (χ3v) is 5.72. The SMILES string of the molecule is CC1=C(N2CC2)C(=O)c2nc3n(c2C1=O)CC[C@@H]3NC(=O)CNC(=O)c1cccnc1. The second-order valence-electron chi connectivity index (χ2n) is 7.77. The van der Waals surface area contributed by atoms with Gasteiger partial charge in [0, 0.05) is 37.6 Å². The zero-order valence-electron chi connectivity index (χ0n) is 16.8. The van der Waals surface area contributed by atoms with Gasteiger partial charge in [-0.2, -0.15) is 0 Å². The molecule has 5 rings (SSSR count). The fraction of sp³-hybridized carbons (Fsp3) is 0.333. The summed E-state index contributed by atoms with van der Waals surface area (Å²) in [5, 5.41) is 5.39. The highest BCUT2D eigenvalue weighted by molar-refractivity contribution is 6.25. The van der Waals surface area contributed by atoms with Crippen LogP contribution in [-0.4, -0.2) is 62.5 Å². The molecule has 2 aromatic heterocycles. The Balaban J connectivity index is 1.29. The van der Waals surface area contributed by atoms with E-state index in [0.717, 1.165) is 13.1 Å². The molecule has 1 atom stereocenters. The normalized spacial score (nSPS) is 19.3. The minimum Gasteiger partial charge on any atom is -0.364 e. The van der Waals surface area contributed by atoms with Crippen LogP contribution >= 0.6 is 0 Å². The average Bonchev–Trinajstić information content (AvgIpc) is 3.42. The summed E-state index contributed by atoms with van der Waals surface area (Å²) in [5.74, 6) is -0.704. The maximum absolute atomic E-state index is 12.9. The second-order valence-corrected chi connectivity index (χ2v) is 7.77. The van der Waals surface area contributed by atoms with E-state index in [1.54, 1.807) is 29.8 Å². The number of rotatable bonds is 5. The van der Waals surface area contributed by atoms with Crippen molar-refractivity contribution in [3.63, 3.8) is 0 Å². The fourth-order valence-electron chi connectivity index (χ4n) is 4.10. The summed E-state index contributed by atoms with van der Waals surface area (Å²) >= 11 is 0. The number of aromatic nitrogens is 3. The minimum atomic E-state index is -0.431. The van der Waals surface area contributed by atoms with E-state index in [0.29, 0.717) is 41.3 Å². The Morgan fingerprint density at radius 2 is 2.00 bits per heavy atom. The average molecular weight is 420 g/mol. The molecule has 0 spiro atoms. The van der Waals surface area contributed by atoms with Crippen molar-refractivity contribution in [3.8, 4) is 0 Å². The van der Waals surface area contributed by atoms with E-state index in [1.165, 1.54) is 6.20 Å². The number of carbonyl (C=O) groups is 4.